The molecule has 0 radical (unpaired) electrons. The molecule has 0 unspecified atom stereocenters. The van der Waals surface area contributed by atoms with Crippen molar-refractivity contribution in [3.8, 4) is 17.6 Å². The molecule has 0 aromatic heterocycles. The number of nitriles is 1. The van der Waals surface area contributed by atoms with Crippen molar-refractivity contribution in [1.29, 1.82) is 5.26 Å². The summed E-state index contributed by atoms with van der Waals surface area (Å²) in [4.78, 5) is 24.4. The van der Waals surface area contributed by atoms with E-state index >= 15 is 0 Å². The number of amides is 2. The number of halogens is 1. The van der Waals surface area contributed by atoms with Crippen molar-refractivity contribution in [3.63, 3.8) is 0 Å². The van der Waals surface area contributed by atoms with E-state index in [9.17, 15) is 20.0 Å². The van der Waals surface area contributed by atoms with Crippen LogP contribution in [-0.2, 0) is 9.59 Å². The molecule has 0 spiro atoms. The summed E-state index contributed by atoms with van der Waals surface area (Å²) in [6.45, 7) is -0.220. The lowest BCUT2D eigenvalue weighted by atomic mass is 10.1. The minimum Gasteiger partial charge on any atom is -0.508 e. The number of nitrogens with zero attached hydrogens (tertiary/aromatic N) is 1. The first-order valence-corrected chi connectivity index (χ1v) is 9.81. The van der Waals surface area contributed by atoms with Gasteiger partial charge in [0.2, 0.25) is 0 Å². The number of nitrogens with one attached hydrogen (secondary N) is 2. The molecule has 3 rings (SSSR count). The van der Waals surface area contributed by atoms with E-state index in [-0.39, 0.29) is 23.8 Å². The fourth-order valence-electron chi connectivity index (χ4n) is 2.63. The molecule has 0 aliphatic heterocycles. The minimum absolute atomic E-state index is 0.0673. The Labute approximate surface area is 189 Å². The largest absolute Gasteiger partial charge is 0.508 e. The molecule has 32 heavy (non-hydrogen) atoms. The van der Waals surface area contributed by atoms with Gasteiger partial charge in [-0.15, -0.1) is 0 Å². The lowest BCUT2D eigenvalue weighted by molar-refractivity contribution is -0.118. The highest BCUT2D eigenvalue weighted by Gasteiger charge is 2.10. The first-order valence-electron chi connectivity index (χ1n) is 9.43. The Morgan fingerprint density at radius 1 is 1.00 bits per heavy atom. The van der Waals surface area contributed by atoms with E-state index in [1.165, 1.54) is 30.3 Å². The Balaban J connectivity index is 1.62. The quantitative estimate of drug-likeness (QED) is 0.278. The van der Waals surface area contributed by atoms with Gasteiger partial charge in [0.25, 0.3) is 11.8 Å². The normalized spacial score (nSPS) is 10.7. The Kier molecular flexibility index (Phi) is 7.46. The number of hydrogen-bond donors (Lipinski definition) is 3. The van der Waals surface area contributed by atoms with Gasteiger partial charge >= 0.3 is 0 Å². The van der Waals surface area contributed by atoms with E-state index in [1.807, 2.05) is 6.07 Å². The van der Waals surface area contributed by atoms with E-state index in [1.54, 1.807) is 48.5 Å². The van der Waals surface area contributed by atoms with Gasteiger partial charge in [-0.2, -0.15) is 5.26 Å². The van der Waals surface area contributed by atoms with Gasteiger partial charge in [0.05, 0.1) is 0 Å². The molecule has 0 saturated carbocycles. The number of phenols is 1. The van der Waals surface area contributed by atoms with E-state index in [4.69, 9.17) is 16.3 Å². The van der Waals surface area contributed by atoms with Gasteiger partial charge in [-0.05, 0) is 72.3 Å². The molecule has 3 N–H and O–H groups in total. The summed E-state index contributed by atoms with van der Waals surface area (Å²) in [5.41, 5.74) is 1.48. The van der Waals surface area contributed by atoms with Crippen LogP contribution in [0.2, 0.25) is 5.02 Å². The topological polar surface area (TPSA) is 111 Å². The molecule has 3 aromatic carbocycles. The third-order valence-corrected chi connectivity index (χ3v) is 4.41. The molecule has 0 fully saturated rings. The van der Waals surface area contributed by atoms with Crippen LogP contribution >= 0.6 is 11.6 Å². The van der Waals surface area contributed by atoms with E-state index < -0.39 is 5.91 Å². The standard InChI is InChI=1S/C24H18ClN3O4/c25-18-4-6-19(7-5-18)27-23(30)15-32-22-3-1-2-16(13-22)12-17(14-26)24(31)28-20-8-10-21(29)11-9-20/h1-13,29H,15H2,(H,27,30)(H,28,31)/b17-12-. The average Bonchev–Trinajstić information content (AvgIpc) is 2.79. The number of benzene rings is 3. The highest BCUT2D eigenvalue weighted by atomic mass is 35.5. The van der Waals surface area contributed by atoms with Crippen molar-refractivity contribution in [1.82, 2.24) is 0 Å². The van der Waals surface area contributed by atoms with Crippen molar-refractivity contribution >= 4 is 40.9 Å². The summed E-state index contributed by atoms with van der Waals surface area (Å²) in [6, 6.07) is 21.1. The zero-order chi connectivity index (χ0) is 22.9. The highest BCUT2D eigenvalue weighted by Crippen LogP contribution is 2.18. The number of carbonyl (C=O) groups excluding carboxylic acids is 2. The van der Waals surface area contributed by atoms with Gasteiger partial charge in [0.15, 0.2) is 6.61 Å². The zero-order valence-corrected chi connectivity index (χ0v) is 17.5. The second kappa shape index (κ2) is 10.7. The Hall–Kier alpha value is -4.28. The molecule has 0 saturated heterocycles. The van der Waals surface area contributed by atoms with Crippen LogP contribution in [-0.4, -0.2) is 23.5 Å². The predicted molar refractivity (Wildman–Crippen MR) is 122 cm³/mol. The first kappa shape index (κ1) is 22.4. The molecule has 0 aliphatic carbocycles. The lowest BCUT2D eigenvalue weighted by Crippen LogP contribution is -2.20. The number of phenolic OH excluding ortho intramolecular Hbond substituents is 1. The summed E-state index contributed by atoms with van der Waals surface area (Å²) in [5, 5.41) is 24.5. The number of hydrogen-bond acceptors (Lipinski definition) is 5. The summed E-state index contributed by atoms with van der Waals surface area (Å²) in [6.07, 6.45) is 1.41. The zero-order valence-electron chi connectivity index (χ0n) is 16.7. The predicted octanol–water partition coefficient (Wildman–Crippen LogP) is 4.61. The van der Waals surface area contributed by atoms with Gasteiger partial charge in [0.1, 0.15) is 23.1 Å². The van der Waals surface area contributed by atoms with Crippen molar-refractivity contribution in [2.24, 2.45) is 0 Å². The van der Waals surface area contributed by atoms with E-state index in [0.29, 0.717) is 27.7 Å². The van der Waals surface area contributed by atoms with Crippen LogP contribution < -0.4 is 15.4 Å². The van der Waals surface area contributed by atoms with Crippen LogP contribution in [0.4, 0.5) is 11.4 Å². The molecule has 7 nitrogen and oxygen atoms in total. The number of ether oxygens (including phenoxy) is 1. The Morgan fingerprint density at radius 3 is 2.34 bits per heavy atom. The summed E-state index contributed by atoms with van der Waals surface area (Å²) in [7, 11) is 0. The van der Waals surface area contributed by atoms with Gasteiger partial charge < -0.3 is 20.5 Å². The number of carbonyl (C=O) groups is 2. The second-order valence-corrected chi connectivity index (χ2v) is 7.02. The molecule has 2 amide bonds. The van der Waals surface area contributed by atoms with E-state index in [0.717, 1.165) is 0 Å². The lowest BCUT2D eigenvalue weighted by Gasteiger charge is -2.08. The third-order valence-electron chi connectivity index (χ3n) is 4.16. The third kappa shape index (κ3) is 6.62. The monoisotopic (exact) mass is 447 g/mol. The molecule has 0 bridgehead atoms. The van der Waals surface area contributed by atoms with Gasteiger partial charge in [-0.1, -0.05) is 23.7 Å². The molecule has 0 heterocycles. The molecular formula is C24H18ClN3O4. The van der Waals surface area contributed by atoms with Crippen LogP contribution in [0.15, 0.2) is 78.4 Å². The average molecular weight is 448 g/mol. The van der Waals surface area contributed by atoms with Crippen molar-refractivity contribution in [3.05, 3.63) is 89.0 Å². The number of anilines is 2. The van der Waals surface area contributed by atoms with Crippen LogP contribution in [0.25, 0.3) is 6.08 Å². The highest BCUT2D eigenvalue weighted by molar-refractivity contribution is 6.30. The molecule has 160 valence electrons. The smallest absolute Gasteiger partial charge is 0.266 e. The Bertz CT molecular complexity index is 1180. The fraction of sp³-hybridized carbons (Fsp3) is 0.0417. The van der Waals surface area contributed by atoms with E-state index in [2.05, 4.69) is 10.6 Å². The van der Waals surface area contributed by atoms with Gasteiger partial charge in [-0.25, -0.2) is 0 Å². The maximum Gasteiger partial charge on any atom is 0.266 e. The van der Waals surface area contributed by atoms with Gasteiger partial charge in [0, 0.05) is 16.4 Å². The molecule has 3 aromatic rings. The van der Waals surface area contributed by atoms with Crippen molar-refractivity contribution < 1.29 is 19.4 Å². The van der Waals surface area contributed by atoms with Crippen LogP contribution in [0.3, 0.4) is 0 Å². The van der Waals surface area contributed by atoms with Gasteiger partial charge in [-0.3, -0.25) is 9.59 Å². The molecule has 8 heteroatoms. The van der Waals surface area contributed by atoms with Crippen LogP contribution in [0.1, 0.15) is 5.56 Å². The summed E-state index contributed by atoms with van der Waals surface area (Å²) < 4.78 is 5.51. The van der Waals surface area contributed by atoms with Crippen LogP contribution in [0.5, 0.6) is 11.5 Å². The molecule has 0 aliphatic rings. The maximum absolute atomic E-state index is 12.4. The molecular weight excluding hydrogens is 430 g/mol. The second-order valence-electron chi connectivity index (χ2n) is 6.59. The van der Waals surface area contributed by atoms with Crippen molar-refractivity contribution in [2.45, 2.75) is 0 Å². The van der Waals surface area contributed by atoms with Crippen LogP contribution in [0, 0.1) is 11.3 Å². The maximum atomic E-state index is 12.4. The summed E-state index contributed by atoms with van der Waals surface area (Å²) >= 11 is 5.82. The summed E-state index contributed by atoms with van der Waals surface area (Å²) in [5.74, 6) is -0.468. The Morgan fingerprint density at radius 2 is 1.66 bits per heavy atom. The number of aromatic hydroxyl groups is 1. The van der Waals surface area contributed by atoms with Crippen molar-refractivity contribution in [2.75, 3.05) is 17.2 Å². The fourth-order valence-corrected chi connectivity index (χ4v) is 2.76. The first-order chi connectivity index (χ1) is 15.4. The minimum atomic E-state index is -0.591. The molecule has 0 atom stereocenters. The SMILES string of the molecule is N#C/C(=C/c1cccc(OCC(=O)Nc2ccc(Cl)cc2)c1)C(=O)Nc1ccc(O)cc1. The number of rotatable bonds is 7.